The lowest BCUT2D eigenvalue weighted by molar-refractivity contribution is 0.171. The molecule has 3 heterocycles. The first-order chi connectivity index (χ1) is 17.6. The van der Waals surface area contributed by atoms with Crippen molar-refractivity contribution in [2.45, 2.75) is 19.5 Å². The van der Waals surface area contributed by atoms with Crippen LogP contribution in [-0.4, -0.2) is 77.1 Å². The van der Waals surface area contributed by atoms with Gasteiger partial charge in [0.1, 0.15) is 11.8 Å². The molecule has 10 heteroatoms. The normalized spacial score (nSPS) is 15.4. The maximum absolute atomic E-state index is 13.4. The van der Waals surface area contributed by atoms with Crippen molar-refractivity contribution in [3.05, 3.63) is 75.8 Å². The first-order valence-corrected chi connectivity index (χ1v) is 12.1. The quantitative estimate of drug-likeness (QED) is 0.403. The van der Waals surface area contributed by atoms with Gasteiger partial charge in [0.05, 0.1) is 25.9 Å². The van der Waals surface area contributed by atoms with Crippen molar-refractivity contribution in [2.24, 2.45) is 0 Å². The largest absolute Gasteiger partial charge is 0.495 e. The number of ether oxygens (including phenoxy) is 2. The minimum absolute atomic E-state index is 0.134. The van der Waals surface area contributed by atoms with E-state index in [9.17, 15) is 4.79 Å². The van der Waals surface area contributed by atoms with Crippen molar-refractivity contribution in [1.29, 1.82) is 0 Å². The van der Waals surface area contributed by atoms with Crippen molar-refractivity contribution >= 4 is 16.6 Å². The van der Waals surface area contributed by atoms with Gasteiger partial charge in [-0.2, -0.15) is 0 Å². The Bertz CT molecular complexity index is 1390. The van der Waals surface area contributed by atoms with E-state index in [4.69, 9.17) is 9.47 Å². The lowest BCUT2D eigenvalue weighted by Gasteiger charge is -2.40. The van der Waals surface area contributed by atoms with Gasteiger partial charge in [0.25, 0.3) is 5.56 Å². The van der Waals surface area contributed by atoms with E-state index in [1.54, 1.807) is 18.9 Å². The number of pyridine rings is 1. The molecule has 2 aromatic carbocycles. The van der Waals surface area contributed by atoms with Gasteiger partial charge in [-0.1, -0.05) is 23.8 Å². The zero-order valence-corrected chi connectivity index (χ0v) is 20.8. The van der Waals surface area contributed by atoms with E-state index in [-0.39, 0.29) is 5.56 Å². The van der Waals surface area contributed by atoms with E-state index in [2.05, 4.69) is 42.4 Å². The molecule has 2 aromatic heterocycles. The SMILES string of the molecule is COCCn1nnnc1[C@@H](c1cc2cc(C)ccc2[nH]c1=O)N1CCN(c2ccccc2OC)CC1. The maximum atomic E-state index is 13.4. The second-order valence-electron chi connectivity index (χ2n) is 8.99. The molecule has 5 rings (SSSR count). The van der Waals surface area contributed by atoms with Crippen molar-refractivity contribution < 1.29 is 9.47 Å². The molecule has 1 N–H and O–H groups in total. The molecule has 1 saturated heterocycles. The van der Waals surface area contributed by atoms with Crippen LogP contribution in [-0.2, 0) is 11.3 Å². The highest BCUT2D eigenvalue weighted by Crippen LogP contribution is 2.32. The van der Waals surface area contributed by atoms with Crippen molar-refractivity contribution in [2.75, 3.05) is 51.9 Å². The number of para-hydroxylation sites is 2. The predicted molar refractivity (Wildman–Crippen MR) is 138 cm³/mol. The van der Waals surface area contributed by atoms with Crippen LogP contribution in [0.3, 0.4) is 0 Å². The predicted octanol–water partition coefficient (Wildman–Crippen LogP) is 2.39. The standard InChI is InChI=1S/C26H31N7O3/c1-18-8-9-21-19(16-18)17-20(26(34)27-21)24(25-28-29-30-33(25)14-15-35-2)32-12-10-31(11-13-32)22-6-4-5-7-23(22)36-3/h4-9,16-17,24H,10-15H2,1-3H3,(H,27,34)/t24-/m1/s1. The van der Waals surface area contributed by atoms with Gasteiger partial charge in [0.2, 0.25) is 0 Å². The third-order valence-corrected chi connectivity index (χ3v) is 6.74. The Hall–Kier alpha value is -3.76. The summed E-state index contributed by atoms with van der Waals surface area (Å²) in [5, 5.41) is 13.5. The monoisotopic (exact) mass is 489 g/mol. The molecule has 4 aromatic rings. The van der Waals surface area contributed by atoms with Gasteiger partial charge in [-0.25, -0.2) is 4.68 Å². The van der Waals surface area contributed by atoms with Crippen LogP contribution < -0.4 is 15.2 Å². The average molecular weight is 490 g/mol. The van der Waals surface area contributed by atoms with Gasteiger partial charge in [0, 0.05) is 44.4 Å². The number of aryl methyl sites for hydroxylation is 1. The van der Waals surface area contributed by atoms with E-state index in [1.165, 1.54) is 0 Å². The Morgan fingerprint density at radius 1 is 1.06 bits per heavy atom. The van der Waals surface area contributed by atoms with Crippen LogP contribution in [0.15, 0.2) is 53.3 Å². The van der Waals surface area contributed by atoms with Crippen molar-refractivity contribution in [1.82, 2.24) is 30.1 Å². The number of H-pyrrole nitrogens is 1. The molecule has 0 radical (unpaired) electrons. The van der Waals surface area contributed by atoms with Crippen molar-refractivity contribution in [3.8, 4) is 5.75 Å². The summed E-state index contributed by atoms with van der Waals surface area (Å²) in [6.45, 7) is 6.03. The second-order valence-corrected chi connectivity index (χ2v) is 8.99. The number of methoxy groups -OCH3 is 2. The Morgan fingerprint density at radius 3 is 2.64 bits per heavy atom. The summed E-state index contributed by atoms with van der Waals surface area (Å²) in [5.41, 5.74) is 3.51. The number of tetrazole rings is 1. The number of hydrogen-bond donors (Lipinski definition) is 1. The van der Waals surface area contributed by atoms with Gasteiger partial charge in [-0.3, -0.25) is 9.69 Å². The lowest BCUT2D eigenvalue weighted by atomic mass is 10.0. The molecule has 1 aliphatic heterocycles. The number of piperazine rings is 1. The zero-order valence-electron chi connectivity index (χ0n) is 20.8. The molecule has 1 aliphatic rings. The number of aromatic amines is 1. The van der Waals surface area contributed by atoms with Crippen LogP contribution in [0.4, 0.5) is 5.69 Å². The molecular weight excluding hydrogens is 458 g/mol. The number of benzene rings is 2. The number of fused-ring (bicyclic) bond motifs is 1. The van der Waals surface area contributed by atoms with Gasteiger partial charge in [-0.05, 0) is 53.1 Å². The highest BCUT2D eigenvalue weighted by molar-refractivity contribution is 5.79. The molecule has 0 bridgehead atoms. The van der Waals surface area contributed by atoms with E-state index in [1.807, 2.05) is 43.3 Å². The summed E-state index contributed by atoms with van der Waals surface area (Å²) >= 11 is 0. The fourth-order valence-electron chi connectivity index (χ4n) is 4.90. The number of nitrogens with zero attached hydrogens (tertiary/aromatic N) is 6. The van der Waals surface area contributed by atoms with E-state index in [0.29, 0.717) is 24.5 Å². The lowest BCUT2D eigenvalue weighted by Crippen LogP contribution is -2.49. The second kappa shape index (κ2) is 10.5. The van der Waals surface area contributed by atoms with Crippen LogP contribution in [0.5, 0.6) is 5.75 Å². The number of rotatable bonds is 8. The molecule has 0 amide bonds. The number of hydrogen-bond acceptors (Lipinski definition) is 8. The van der Waals surface area contributed by atoms with Crippen molar-refractivity contribution in [3.63, 3.8) is 0 Å². The van der Waals surface area contributed by atoms with Gasteiger partial charge in [-0.15, -0.1) is 5.10 Å². The Kier molecular flexibility index (Phi) is 6.97. The topological polar surface area (TPSA) is 101 Å². The number of anilines is 1. The van der Waals surface area contributed by atoms with E-state index < -0.39 is 6.04 Å². The molecule has 1 fully saturated rings. The first-order valence-electron chi connectivity index (χ1n) is 12.1. The van der Waals surface area contributed by atoms with Crippen LogP contribution in [0.1, 0.15) is 23.0 Å². The molecule has 0 unspecified atom stereocenters. The smallest absolute Gasteiger partial charge is 0.253 e. The Labute approximate surface area is 209 Å². The van der Waals surface area contributed by atoms with Gasteiger partial charge < -0.3 is 19.4 Å². The fraction of sp³-hybridized carbons (Fsp3) is 0.385. The van der Waals surface area contributed by atoms with E-state index >= 15 is 0 Å². The summed E-state index contributed by atoms with van der Waals surface area (Å²) in [4.78, 5) is 21.0. The molecule has 0 saturated carbocycles. The minimum atomic E-state index is -0.398. The Balaban J connectivity index is 1.52. The number of aromatic nitrogens is 5. The van der Waals surface area contributed by atoms with Gasteiger partial charge in [0.15, 0.2) is 5.82 Å². The Morgan fingerprint density at radius 2 is 1.86 bits per heavy atom. The highest BCUT2D eigenvalue weighted by atomic mass is 16.5. The summed E-state index contributed by atoms with van der Waals surface area (Å²) in [6, 6.07) is 15.7. The third kappa shape index (κ3) is 4.69. The maximum Gasteiger partial charge on any atom is 0.253 e. The van der Waals surface area contributed by atoms with Crippen LogP contribution in [0.2, 0.25) is 0 Å². The minimum Gasteiger partial charge on any atom is -0.495 e. The molecular formula is C26H31N7O3. The molecule has 10 nitrogen and oxygen atoms in total. The van der Waals surface area contributed by atoms with Crippen LogP contribution in [0, 0.1) is 6.92 Å². The van der Waals surface area contributed by atoms with Crippen LogP contribution >= 0.6 is 0 Å². The zero-order chi connectivity index (χ0) is 25.1. The average Bonchev–Trinajstić information content (AvgIpc) is 3.36. The molecule has 188 valence electrons. The summed E-state index contributed by atoms with van der Waals surface area (Å²) < 4.78 is 12.6. The summed E-state index contributed by atoms with van der Waals surface area (Å²) in [5.74, 6) is 1.49. The van der Waals surface area contributed by atoms with Gasteiger partial charge >= 0.3 is 0 Å². The number of nitrogens with one attached hydrogen (secondary N) is 1. The third-order valence-electron chi connectivity index (χ3n) is 6.74. The van der Waals surface area contributed by atoms with E-state index in [0.717, 1.165) is 54.1 Å². The molecule has 1 atom stereocenters. The fourth-order valence-corrected chi connectivity index (χ4v) is 4.90. The molecule has 0 spiro atoms. The first kappa shape index (κ1) is 24.0. The molecule has 36 heavy (non-hydrogen) atoms. The van der Waals surface area contributed by atoms with Crippen LogP contribution in [0.25, 0.3) is 10.9 Å². The summed E-state index contributed by atoms with van der Waals surface area (Å²) in [6.07, 6.45) is 0. The summed E-state index contributed by atoms with van der Waals surface area (Å²) in [7, 11) is 3.34. The highest BCUT2D eigenvalue weighted by Gasteiger charge is 2.33. The molecule has 0 aliphatic carbocycles.